The Morgan fingerprint density at radius 3 is 1.24 bits per heavy atom. The lowest BCUT2D eigenvalue weighted by molar-refractivity contribution is 0.103. The average molecular weight is 939 g/mol. The zero-order valence-corrected chi connectivity index (χ0v) is 39.0. The third kappa shape index (κ3) is 9.85. The number of carbonyl (C=O) groups excluding carboxylic acids is 1. The number of nitrogens with zero attached hydrogens (tertiary/aromatic N) is 4. The molecule has 0 aliphatic carbocycles. The maximum Gasteiger partial charge on any atom is 0.194 e. The number of hydrogen-bond donors (Lipinski definition) is 4. The van der Waals surface area contributed by atoms with E-state index in [4.69, 9.17) is 18.5 Å². The summed E-state index contributed by atoms with van der Waals surface area (Å²) in [4.78, 5) is 20.7. The topological polar surface area (TPSA) is 175 Å². The highest BCUT2D eigenvalue weighted by Gasteiger charge is 2.31. The summed E-state index contributed by atoms with van der Waals surface area (Å²) in [6.07, 6.45) is 4.23. The van der Waals surface area contributed by atoms with Crippen LogP contribution < -0.4 is 9.47 Å². The van der Waals surface area contributed by atoms with Crippen molar-refractivity contribution in [2.24, 2.45) is 11.8 Å². The minimum Gasteiger partial charge on any atom is -0.508 e. The van der Waals surface area contributed by atoms with Crippen molar-refractivity contribution < 1.29 is 43.7 Å². The first-order chi connectivity index (χ1) is 34.0. The molecule has 4 heterocycles. The van der Waals surface area contributed by atoms with E-state index in [2.05, 4.69) is 34.2 Å². The van der Waals surface area contributed by atoms with Gasteiger partial charge in [0.1, 0.15) is 45.9 Å². The van der Waals surface area contributed by atoms with Crippen LogP contribution in [0, 0.1) is 11.8 Å². The molecule has 2 aromatic heterocycles. The lowest BCUT2D eigenvalue weighted by Crippen LogP contribution is -2.34. The van der Waals surface area contributed by atoms with Gasteiger partial charge in [-0.25, -0.2) is 0 Å². The van der Waals surface area contributed by atoms with Crippen molar-refractivity contribution in [2.45, 2.75) is 25.7 Å². The number of aromatic nitrogens is 2. The highest BCUT2D eigenvalue weighted by Crippen LogP contribution is 2.47. The summed E-state index contributed by atoms with van der Waals surface area (Å²) >= 11 is 0. The Kier molecular flexibility index (Phi) is 13.1. The van der Waals surface area contributed by atoms with E-state index in [0.29, 0.717) is 115 Å². The van der Waals surface area contributed by atoms with Crippen LogP contribution in [0.1, 0.15) is 41.6 Å². The number of ether oxygens (including phenoxy) is 2. The first kappa shape index (κ1) is 45.9. The maximum atomic E-state index is 16.0. The van der Waals surface area contributed by atoms with Crippen LogP contribution in [-0.4, -0.2) is 99.8 Å². The van der Waals surface area contributed by atoms with Crippen molar-refractivity contribution in [1.29, 1.82) is 0 Å². The third-order valence-electron chi connectivity index (χ3n) is 13.4. The first-order valence-corrected chi connectivity index (χ1v) is 23.7. The molecule has 2 saturated heterocycles. The van der Waals surface area contributed by atoms with Gasteiger partial charge in [-0.15, -0.1) is 0 Å². The van der Waals surface area contributed by atoms with Crippen molar-refractivity contribution in [3.63, 3.8) is 0 Å². The van der Waals surface area contributed by atoms with Crippen LogP contribution in [0.3, 0.4) is 0 Å². The first-order valence-electron chi connectivity index (χ1n) is 23.7. The second kappa shape index (κ2) is 20.0. The molecule has 2 aliphatic heterocycles. The van der Waals surface area contributed by atoms with E-state index in [-0.39, 0.29) is 28.8 Å². The Bertz CT molecular complexity index is 2770. The predicted octanol–water partition coefficient (Wildman–Crippen LogP) is 11.2. The number of piperidine rings is 2. The summed E-state index contributed by atoms with van der Waals surface area (Å²) < 4.78 is 25.6. The van der Waals surface area contributed by atoms with E-state index < -0.39 is 0 Å². The van der Waals surface area contributed by atoms with Gasteiger partial charge >= 0.3 is 0 Å². The second-order valence-electron chi connectivity index (χ2n) is 18.6. The van der Waals surface area contributed by atoms with Gasteiger partial charge in [-0.3, -0.25) is 4.79 Å². The van der Waals surface area contributed by atoms with Crippen molar-refractivity contribution in [3.05, 3.63) is 145 Å². The predicted molar refractivity (Wildman–Crippen MR) is 267 cm³/mol. The number of carbonyl (C=O) groups is 1. The lowest BCUT2D eigenvalue weighted by Gasteiger charge is -2.29. The van der Waals surface area contributed by atoms with Crippen LogP contribution in [0.2, 0.25) is 0 Å². The molecule has 4 N–H and O–H groups in total. The molecule has 0 radical (unpaired) electrons. The van der Waals surface area contributed by atoms with Gasteiger partial charge in [0.15, 0.2) is 17.3 Å². The Balaban J connectivity index is 1.17. The quantitative estimate of drug-likeness (QED) is 0.0759. The van der Waals surface area contributed by atoms with Gasteiger partial charge in [-0.05, 0) is 186 Å². The molecular formula is C57H54N4O9. The Labute approximate surface area is 405 Å². The second-order valence-corrected chi connectivity index (χ2v) is 18.6. The molecule has 2 atom stereocenters. The number of likely N-dealkylation sites (tertiary alicyclic amines) is 2. The molecule has 13 heteroatoms. The number of hydrogen-bond acceptors (Lipinski definition) is 13. The van der Waals surface area contributed by atoms with Crippen LogP contribution in [0.4, 0.5) is 0 Å². The van der Waals surface area contributed by atoms with Crippen LogP contribution >= 0.6 is 0 Å². The molecule has 2 unspecified atom stereocenters. The lowest BCUT2D eigenvalue weighted by atomic mass is 9.86. The molecule has 0 amide bonds. The van der Waals surface area contributed by atoms with Crippen molar-refractivity contribution in [1.82, 2.24) is 20.1 Å². The largest absolute Gasteiger partial charge is 0.508 e. The summed E-state index contributed by atoms with van der Waals surface area (Å²) in [7, 11) is 4.24. The highest BCUT2D eigenvalue weighted by atomic mass is 16.5. The van der Waals surface area contributed by atoms with Crippen molar-refractivity contribution >= 4 is 5.78 Å². The van der Waals surface area contributed by atoms with Gasteiger partial charge in [0.2, 0.25) is 0 Å². The van der Waals surface area contributed by atoms with E-state index >= 15 is 4.79 Å². The van der Waals surface area contributed by atoms with Gasteiger partial charge in [-0.2, -0.15) is 0 Å². The third-order valence-corrected chi connectivity index (χ3v) is 13.4. The smallest absolute Gasteiger partial charge is 0.194 e. The van der Waals surface area contributed by atoms with Crippen molar-refractivity contribution in [3.8, 4) is 102 Å². The highest BCUT2D eigenvalue weighted by molar-refractivity contribution is 6.18. The molecule has 356 valence electrons. The van der Waals surface area contributed by atoms with Gasteiger partial charge in [0.25, 0.3) is 0 Å². The molecule has 2 aliphatic rings. The number of ketones is 1. The molecule has 10 rings (SSSR count). The number of benzene rings is 6. The summed E-state index contributed by atoms with van der Waals surface area (Å²) in [6.45, 7) is 4.86. The molecule has 0 spiro atoms. The number of phenolic OH excluding ortho intramolecular Hbond substituents is 4. The Morgan fingerprint density at radius 1 is 0.529 bits per heavy atom. The van der Waals surface area contributed by atoms with Crippen LogP contribution in [0.5, 0.6) is 34.5 Å². The van der Waals surface area contributed by atoms with Gasteiger partial charge in [-0.1, -0.05) is 10.3 Å². The molecule has 0 saturated carbocycles. The SMILES string of the molecule is CN1CCCC(COc2ccc(C(=O)c3ccc(OCC4CCCN(C)C4)cc3-c3c(-c4ccc(O)cc4)noc3-c3ccc(O)cc3)c(-c3c(-c4ccc(O)cc4)noc3-c3ccc(O)cc3)c2)C1. The number of aromatic hydroxyl groups is 4. The zero-order valence-electron chi connectivity index (χ0n) is 39.0. The van der Waals surface area contributed by atoms with E-state index in [9.17, 15) is 20.4 Å². The van der Waals surface area contributed by atoms with Gasteiger partial charge in [0.05, 0.1) is 24.3 Å². The molecule has 70 heavy (non-hydrogen) atoms. The average Bonchev–Trinajstić information content (AvgIpc) is 4.02. The monoisotopic (exact) mass is 938 g/mol. The Morgan fingerprint density at radius 2 is 0.886 bits per heavy atom. The Hall–Kier alpha value is -7.87. The maximum absolute atomic E-state index is 16.0. The minimum absolute atomic E-state index is 0.0707. The van der Waals surface area contributed by atoms with Crippen molar-refractivity contribution in [2.75, 3.05) is 53.5 Å². The van der Waals surface area contributed by atoms with E-state index in [1.807, 2.05) is 24.3 Å². The zero-order chi connectivity index (χ0) is 48.3. The standard InChI is InChI=1S/C57H54N4O9/c1-60-27-3-5-35(31-60)33-67-45-23-25-47(49(29-45)51-53(37-7-15-41(62)16-8-37)58-69-56(51)39-11-19-43(64)20-12-39)55(66)48-26-24-46(68-34-36-6-4-28-61(2)32-36)30-50(48)52-54(38-9-17-42(63)18-10-38)59-70-57(52)40-13-21-44(65)22-14-40/h7-26,29-30,35-36,62-65H,3-6,27-28,31-34H2,1-2H3. The number of rotatable bonds is 14. The summed E-state index contributed by atoms with van der Waals surface area (Å²) in [6, 6.07) is 37.3. The minimum atomic E-state index is -0.352. The van der Waals surface area contributed by atoms with Crippen LogP contribution in [0.15, 0.2) is 143 Å². The van der Waals surface area contributed by atoms with Gasteiger partial charge < -0.3 is 48.7 Å². The van der Waals surface area contributed by atoms with E-state index in [1.165, 1.54) is 0 Å². The number of phenols is 4. The molecular weight excluding hydrogens is 885 g/mol. The molecule has 8 aromatic rings. The fourth-order valence-corrected chi connectivity index (χ4v) is 9.76. The van der Waals surface area contributed by atoms with E-state index in [0.717, 1.165) is 51.9 Å². The molecule has 6 aromatic carbocycles. The van der Waals surface area contributed by atoms with E-state index in [1.54, 1.807) is 109 Å². The molecule has 2 fully saturated rings. The van der Waals surface area contributed by atoms with Crippen LogP contribution in [0.25, 0.3) is 67.4 Å². The molecule has 13 nitrogen and oxygen atoms in total. The van der Waals surface area contributed by atoms with Crippen LogP contribution in [-0.2, 0) is 0 Å². The summed E-state index contributed by atoms with van der Waals surface area (Å²) in [5, 5.41) is 50.5. The van der Waals surface area contributed by atoms with Gasteiger partial charge in [0, 0.05) is 69.4 Å². The summed E-state index contributed by atoms with van der Waals surface area (Å²) in [5.74, 6) is 2.37. The summed E-state index contributed by atoms with van der Waals surface area (Å²) in [5.41, 5.74) is 5.88. The fraction of sp³-hybridized carbons (Fsp3) is 0.246. The fourth-order valence-electron chi connectivity index (χ4n) is 9.76. The molecule has 0 bridgehead atoms. The normalized spacial score (nSPS) is 16.5.